The average molecular weight is 177 g/mol. The van der Waals surface area contributed by atoms with E-state index in [4.69, 9.17) is 5.73 Å². The molecular weight excluding hydrogens is 170 g/mol. The van der Waals surface area contributed by atoms with Crippen LogP contribution in [0.4, 0.5) is 0 Å². The quantitative estimate of drug-likeness (QED) is 0.486. The van der Waals surface area contributed by atoms with Crippen molar-refractivity contribution in [2.24, 2.45) is 5.73 Å². The van der Waals surface area contributed by atoms with Gasteiger partial charge in [-0.2, -0.15) is 0 Å². The summed E-state index contributed by atoms with van der Waals surface area (Å²) in [5.74, 6) is -0.729. The van der Waals surface area contributed by atoms with Gasteiger partial charge in [0, 0.05) is 5.56 Å². The van der Waals surface area contributed by atoms with E-state index >= 15 is 0 Å². The second-order valence-electron chi connectivity index (χ2n) is 2.97. The molecule has 4 heteroatoms. The second kappa shape index (κ2) is 2.38. The van der Waals surface area contributed by atoms with Gasteiger partial charge in [0.05, 0.1) is 0 Å². The highest BCUT2D eigenvalue weighted by atomic mass is 16.4. The average Bonchev–Trinajstić information content (AvgIpc) is 2.30. The van der Waals surface area contributed by atoms with Crippen LogP contribution in [0.2, 0.25) is 0 Å². The van der Waals surface area contributed by atoms with Crippen LogP contribution in [0.15, 0.2) is 24.3 Å². The summed E-state index contributed by atoms with van der Waals surface area (Å²) in [6, 6.07) is 6.18. The number of carbonyl (C=O) groups excluding carboxylic acids is 1. The predicted octanol–water partition coefficient (Wildman–Crippen LogP) is -1.23. The first-order chi connectivity index (χ1) is 6.05. The van der Waals surface area contributed by atoms with Crippen molar-refractivity contribution in [3.05, 3.63) is 41.5 Å². The van der Waals surface area contributed by atoms with Crippen LogP contribution in [0.3, 0.4) is 0 Å². The molecule has 4 nitrogen and oxygen atoms in total. The van der Waals surface area contributed by atoms with Gasteiger partial charge in [0.25, 0.3) is 0 Å². The van der Waals surface area contributed by atoms with Crippen molar-refractivity contribution in [2.75, 3.05) is 0 Å². The zero-order valence-electron chi connectivity index (χ0n) is 6.65. The fourth-order valence-electron chi connectivity index (χ4n) is 1.39. The van der Waals surface area contributed by atoms with Crippen molar-refractivity contribution >= 4 is 5.78 Å². The number of Topliss-reactive ketones (excluding diaryl/α,β-unsaturated/α-hetero) is 1. The van der Waals surface area contributed by atoms with E-state index in [1.807, 2.05) is 0 Å². The van der Waals surface area contributed by atoms with Gasteiger partial charge in [0.2, 0.25) is 5.78 Å². The topological polar surface area (TPSA) is 86.4 Å². The van der Waals surface area contributed by atoms with Crippen molar-refractivity contribution in [3.8, 4) is 0 Å². The molecule has 0 amide bonds. The maximum absolute atomic E-state index is 11.3. The molecule has 0 aromatic heterocycles. The zero-order chi connectivity index (χ0) is 9.64. The van der Waals surface area contributed by atoms with Gasteiger partial charge in [0.15, 0.2) is 5.72 Å². The van der Waals surface area contributed by atoms with E-state index < -0.39 is 17.6 Å². The van der Waals surface area contributed by atoms with E-state index in [1.165, 1.54) is 12.1 Å². The monoisotopic (exact) mass is 177 g/mol. The lowest BCUT2D eigenvalue weighted by molar-refractivity contribution is -0.366. The molecule has 67 valence electrons. The predicted molar refractivity (Wildman–Crippen MR) is 42.3 cm³/mol. The highest BCUT2D eigenvalue weighted by Crippen LogP contribution is 2.32. The van der Waals surface area contributed by atoms with Crippen molar-refractivity contribution in [1.29, 1.82) is 0 Å². The Labute approximate surface area is 74.6 Å². The van der Waals surface area contributed by atoms with Gasteiger partial charge in [0.1, 0.15) is 0 Å². The molecule has 1 aliphatic carbocycles. The van der Waals surface area contributed by atoms with Crippen LogP contribution in [-0.2, 0) is 0 Å². The molecule has 0 heterocycles. The first kappa shape index (κ1) is 8.37. The highest BCUT2D eigenvalue weighted by Gasteiger charge is 2.43. The van der Waals surface area contributed by atoms with E-state index in [2.05, 4.69) is 0 Å². The third kappa shape index (κ3) is 0.935. The molecule has 1 aromatic rings. The maximum Gasteiger partial charge on any atom is 0.208 e. The summed E-state index contributed by atoms with van der Waals surface area (Å²) < 4.78 is 0. The third-order valence-electron chi connectivity index (χ3n) is 2.11. The molecule has 13 heavy (non-hydrogen) atoms. The van der Waals surface area contributed by atoms with Gasteiger partial charge in [-0.15, -0.1) is 0 Å². The molecule has 0 spiro atoms. The molecule has 0 saturated heterocycles. The summed E-state index contributed by atoms with van der Waals surface area (Å²) in [7, 11) is 0. The largest absolute Gasteiger partial charge is 0.843 e. The number of hydrogen-bond donors (Lipinski definition) is 2. The molecule has 1 atom stereocenters. The van der Waals surface area contributed by atoms with Crippen LogP contribution in [0.25, 0.3) is 0 Å². The van der Waals surface area contributed by atoms with Gasteiger partial charge in [-0.25, -0.2) is 0 Å². The van der Waals surface area contributed by atoms with Crippen molar-refractivity contribution in [2.45, 2.75) is 5.72 Å². The van der Waals surface area contributed by atoms with Crippen LogP contribution in [-0.4, -0.2) is 16.6 Å². The minimum absolute atomic E-state index is 0.192. The summed E-state index contributed by atoms with van der Waals surface area (Å²) in [6.45, 7) is 0. The Balaban J connectivity index is 2.64. The maximum atomic E-state index is 11.3. The number of rotatable bonds is 0. The SMILES string of the molecule is NC1(O)[C]([O-])c2ccccc2C1=O. The number of nitrogens with two attached hydrogens (primary N) is 1. The molecule has 0 bridgehead atoms. The van der Waals surface area contributed by atoms with Crippen LogP contribution in [0.1, 0.15) is 15.9 Å². The molecule has 3 N–H and O–H groups in total. The molecule has 1 aromatic carbocycles. The number of benzene rings is 1. The molecule has 1 unspecified atom stereocenters. The van der Waals surface area contributed by atoms with Crippen molar-refractivity contribution < 1.29 is 15.0 Å². The molecule has 2 rings (SSSR count). The number of hydrogen-bond acceptors (Lipinski definition) is 4. The van der Waals surface area contributed by atoms with Crippen molar-refractivity contribution in [1.82, 2.24) is 0 Å². The Hall–Kier alpha value is -1.23. The summed E-state index contributed by atoms with van der Waals surface area (Å²) in [5, 5.41) is 20.7. The Kier molecular flexibility index (Phi) is 1.53. The van der Waals surface area contributed by atoms with E-state index in [1.54, 1.807) is 12.1 Å². The van der Waals surface area contributed by atoms with Gasteiger partial charge >= 0.3 is 0 Å². The molecule has 0 fully saturated rings. The molecule has 1 radical (unpaired) electrons. The van der Waals surface area contributed by atoms with Gasteiger partial charge in [-0.05, 0) is 11.7 Å². The Bertz CT molecular complexity index is 373. The lowest BCUT2D eigenvalue weighted by Gasteiger charge is -2.28. The summed E-state index contributed by atoms with van der Waals surface area (Å²) in [4.78, 5) is 11.3. The highest BCUT2D eigenvalue weighted by molar-refractivity contribution is 6.09. The molecular formula is C9H7NO3-. The first-order valence-corrected chi connectivity index (χ1v) is 3.75. The lowest BCUT2D eigenvalue weighted by atomic mass is 10.1. The third-order valence-corrected chi connectivity index (χ3v) is 2.11. The Morgan fingerprint density at radius 2 is 1.85 bits per heavy atom. The Morgan fingerprint density at radius 3 is 2.38 bits per heavy atom. The van der Waals surface area contributed by atoms with Crippen LogP contribution < -0.4 is 10.8 Å². The van der Waals surface area contributed by atoms with Crippen LogP contribution in [0.5, 0.6) is 0 Å². The summed E-state index contributed by atoms with van der Waals surface area (Å²) in [5.41, 5.74) is 3.20. The molecule has 1 aliphatic rings. The van der Waals surface area contributed by atoms with Gasteiger partial charge < -0.3 is 10.2 Å². The minimum Gasteiger partial charge on any atom is -0.843 e. The number of carbonyl (C=O) groups is 1. The molecule has 0 aliphatic heterocycles. The van der Waals surface area contributed by atoms with Crippen LogP contribution in [0, 0.1) is 6.10 Å². The first-order valence-electron chi connectivity index (χ1n) is 3.75. The summed E-state index contributed by atoms with van der Waals surface area (Å²) >= 11 is 0. The smallest absolute Gasteiger partial charge is 0.208 e. The normalized spacial score (nSPS) is 27.8. The number of ketones is 1. The lowest BCUT2D eigenvalue weighted by Crippen LogP contribution is -2.53. The van der Waals surface area contributed by atoms with Gasteiger partial charge in [-0.3, -0.25) is 10.5 Å². The van der Waals surface area contributed by atoms with E-state index in [0.717, 1.165) is 0 Å². The van der Waals surface area contributed by atoms with Gasteiger partial charge in [-0.1, -0.05) is 24.3 Å². The molecule has 0 saturated carbocycles. The van der Waals surface area contributed by atoms with E-state index in [9.17, 15) is 15.0 Å². The second-order valence-corrected chi connectivity index (χ2v) is 2.97. The minimum atomic E-state index is -2.36. The fourth-order valence-corrected chi connectivity index (χ4v) is 1.39. The van der Waals surface area contributed by atoms with Crippen molar-refractivity contribution in [3.63, 3.8) is 0 Å². The van der Waals surface area contributed by atoms with E-state index in [0.29, 0.717) is 0 Å². The van der Waals surface area contributed by atoms with Crippen LogP contribution >= 0.6 is 0 Å². The fraction of sp³-hybridized carbons (Fsp3) is 0.111. The summed E-state index contributed by atoms with van der Waals surface area (Å²) in [6.07, 6.45) is -0.729. The zero-order valence-corrected chi connectivity index (χ0v) is 6.65. The number of aliphatic hydroxyl groups is 1. The standard InChI is InChI=1S/C9H7NO3/c10-9(13)7(11)5-3-1-2-4-6(5)8(9)12/h1-4,13H,10H2/q-1. The Morgan fingerprint density at radius 1 is 1.31 bits per heavy atom. The number of fused-ring (bicyclic) bond motifs is 1. The van der Waals surface area contributed by atoms with E-state index in [-0.39, 0.29) is 11.1 Å².